The van der Waals surface area contributed by atoms with E-state index in [0.29, 0.717) is 5.69 Å². The topological polar surface area (TPSA) is 61.1 Å². The molecule has 2 aromatic rings. The van der Waals surface area contributed by atoms with Crippen molar-refractivity contribution in [1.82, 2.24) is 0 Å². The maximum Gasteiger partial charge on any atom is 0.0314 e. The fourth-order valence-electron chi connectivity index (χ4n) is 1.41. The number of anilines is 2. The Kier molecular flexibility index (Phi) is 2.56. The quantitative estimate of drug-likeness (QED) is 0.577. The Morgan fingerprint density at radius 1 is 0.800 bits per heavy atom. The monoisotopic (exact) mass is 199 g/mol. The molecule has 0 amide bonds. The molecule has 0 unspecified atom stereocenters. The molecule has 0 saturated heterocycles. The van der Waals surface area contributed by atoms with Crippen molar-refractivity contribution < 1.29 is 0 Å². The van der Waals surface area contributed by atoms with E-state index >= 15 is 0 Å². The first kappa shape index (κ1) is 9.55. The van der Waals surface area contributed by atoms with Crippen molar-refractivity contribution in [2.45, 2.75) is 0 Å². The largest absolute Gasteiger partial charge is 0.761 e. The van der Waals surface area contributed by atoms with Crippen molar-refractivity contribution in [1.29, 1.82) is 0 Å². The van der Waals surface area contributed by atoms with Crippen LogP contribution >= 0.6 is 0 Å². The van der Waals surface area contributed by atoms with Crippen LogP contribution in [-0.2, 0) is 0 Å². The maximum absolute atomic E-state index is 10.4. The Morgan fingerprint density at radius 2 is 1.27 bits per heavy atom. The molecule has 0 saturated carbocycles. The van der Waals surface area contributed by atoms with Gasteiger partial charge in [-0.2, -0.15) is 0 Å². The fourth-order valence-corrected chi connectivity index (χ4v) is 1.41. The molecule has 0 aromatic heterocycles. The standard InChI is InChI=1S/C12H11N2O/c13-11-5-1-9(2-6-11)10-3-7-12(14-15)8-4-10/h1-8,14H,13H2/q-1. The van der Waals surface area contributed by atoms with Crippen LogP contribution in [0, 0.1) is 5.21 Å². The number of nitrogens with two attached hydrogens (primary N) is 1. The van der Waals surface area contributed by atoms with Gasteiger partial charge >= 0.3 is 0 Å². The minimum atomic E-state index is 0.564. The molecule has 0 radical (unpaired) electrons. The summed E-state index contributed by atoms with van der Waals surface area (Å²) in [6.45, 7) is 0. The Balaban J connectivity index is 2.33. The summed E-state index contributed by atoms with van der Waals surface area (Å²) in [4.78, 5) is 0. The lowest BCUT2D eigenvalue weighted by Crippen LogP contribution is -1.86. The molecule has 0 atom stereocenters. The zero-order chi connectivity index (χ0) is 10.7. The summed E-state index contributed by atoms with van der Waals surface area (Å²) in [5.41, 5.74) is 10.9. The summed E-state index contributed by atoms with van der Waals surface area (Å²) in [7, 11) is 0. The SMILES string of the molecule is Nc1ccc(-c2ccc(N[O-])cc2)cc1. The van der Waals surface area contributed by atoms with Crippen LogP contribution in [0.2, 0.25) is 0 Å². The molecular weight excluding hydrogens is 188 g/mol. The van der Waals surface area contributed by atoms with E-state index in [9.17, 15) is 5.21 Å². The second kappa shape index (κ2) is 4.02. The van der Waals surface area contributed by atoms with Gasteiger partial charge in [-0.25, -0.2) is 0 Å². The minimum Gasteiger partial charge on any atom is -0.761 e. The van der Waals surface area contributed by atoms with Gasteiger partial charge in [-0.3, -0.25) is 0 Å². The van der Waals surface area contributed by atoms with Gasteiger partial charge in [0.25, 0.3) is 0 Å². The first-order valence-electron chi connectivity index (χ1n) is 4.64. The Hall–Kier alpha value is -2.00. The van der Waals surface area contributed by atoms with Crippen molar-refractivity contribution in [2.24, 2.45) is 0 Å². The van der Waals surface area contributed by atoms with Gasteiger partial charge in [0.15, 0.2) is 0 Å². The molecule has 0 spiro atoms. The van der Waals surface area contributed by atoms with Crippen LogP contribution in [0.25, 0.3) is 11.1 Å². The van der Waals surface area contributed by atoms with Gasteiger partial charge < -0.3 is 16.4 Å². The highest BCUT2D eigenvalue weighted by Gasteiger charge is 1.96. The van der Waals surface area contributed by atoms with Crippen molar-refractivity contribution >= 4 is 11.4 Å². The van der Waals surface area contributed by atoms with Gasteiger partial charge in [-0.15, -0.1) is 0 Å². The van der Waals surface area contributed by atoms with Gasteiger partial charge in [-0.1, -0.05) is 24.3 Å². The third kappa shape index (κ3) is 2.08. The number of hydrogen-bond acceptors (Lipinski definition) is 3. The molecule has 2 aromatic carbocycles. The molecular formula is C12H11N2O-. The second-order valence-corrected chi connectivity index (χ2v) is 3.30. The van der Waals surface area contributed by atoms with Crippen molar-refractivity contribution in [3.63, 3.8) is 0 Å². The van der Waals surface area contributed by atoms with E-state index in [1.807, 2.05) is 41.9 Å². The molecule has 3 heteroatoms. The van der Waals surface area contributed by atoms with Crippen LogP contribution in [0.3, 0.4) is 0 Å². The Labute approximate surface area is 88.1 Å². The summed E-state index contributed by atoms with van der Waals surface area (Å²) in [5.74, 6) is 0. The molecule has 0 bridgehead atoms. The van der Waals surface area contributed by atoms with Gasteiger partial charge in [0.1, 0.15) is 0 Å². The van der Waals surface area contributed by atoms with Crippen LogP contribution in [0.5, 0.6) is 0 Å². The smallest absolute Gasteiger partial charge is 0.0314 e. The minimum absolute atomic E-state index is 0.564. The molecule has 76 valence electrons. The van der Waals surface area contributed by atoms with Gasteiger partial charge in [0, 0.05) is 11.4 Å². The highest BCUT2D eigenvalue weighted by atomic mass is 16.5. The average molecular weight is 199 g/mol. The molecule has 3 nitrogen and oxygen atoms in total. The lowest BCUT2D eigenvalue weighted by molar-refractivity contribution is 1.57. The lowest BCUT2D eigenvalue weighted by atomic mass is 10.1. The molecule has 0 aliphatic carbocycles. The van der Waals surface area contributed by atoms with Gasteiger partial charge in [0.2, 0.25) is 0 Å². The lowest BCUT2D eigenvalue weighted by Gasteiger charge is -2.09. The number of benzene rings is 2. The van der Waals surface area contributed by atoms with E-state index in [-0.39, 0.29) is 0 Å². The molecule has 0 aliphatic rings. The van der Waals surface area contributed by atoms with Crippen LogP contribution in [0.15, 0.2) is 48.5 Å². The number of hydrogen-bond donors (Lipinski definition) is 2. The predicted molar refractivity (Wildman–Crippen MR) is 63.3 cm³/mol. The van der Waals surface area contributed by atoms with Crippen LogP contribution in [-0.4, -0.2) is 0 Å². The summed E-state index contributed by atoms with van der Waals surface area (Å²) >= 11 is 0. The highest BCUT2D eigenvalue weighted by Crippen LogP contribution is 2.22. The van der Waals surface area contributed by atoms with Crippen molar-refractivity contribution in [2.75, 3.05) is 11.2 Å². The zero-order valence-corrected chi connectivity index (χ0v) is 8.10. The molecule has 0 aliphatic heterocycles. The van der Waals surface area contributed by atoms with Gasteiger partial charge in [-0.05, 0) is 35.4 Å². The molecule has 15 heavy (non-hydrogen) atoms. The van der Waals surface area contributed by atoms with E-state index in [2.05, 4.69) is 0 Å². The van der Waals surface area contributed by atoms with Crippen LogP contribution in [0.4, 0.5) is 11.4 Å². The van der Waals surface area contributed by atoms with E-state index in [1.165, 1.54) is 0 Å². The fraction of sp³-hybridized carbons (Fsp3) is 0. The first-order chi connectivity index (χ1) is 7.29. The predicted octanol–water partition coefficient (Wildman–Crippen LogP) is 2.85. The molecule has 0 fully saturated rings. The van der Waals surface area contributed by atoms with E-state index in [1.54, 1.807) is 12.1 Å². The number of nitrogens with one attached hydrogen (secondary N) is 1. The molecule has 0 heterocycles. The third-order valence-corrected chi connectivity index (χ3v) is 2.25. The first-order valence-corrected chi connectivity index (χ1v) is 4.64. The van der Waals surface area contributed by atoms with E-state index < -0.39 is 0 Å². The summed E-state index contributed by atoms with van der Waals surface area (Å²) in [5, 5.41) is 10.4. The maximum atomic E-state index is 10.4. The summed E-state index contributed by atoms with van der Waals surface area (Å²) < 4.78 is 0. The second-order valence-electron chi connectivity index (χ2n) is 3.30. The molecule has 2 rings (SSSR count). The normalized spacial score (nSPS) is 9.93. The summed E-state index contributed by atoms with van der Waals surface area (Å²) in [6, 6.07) is 14.9. The average Bonchev–Trinajstić information content (AvgIpc) is 2.30. The number of rotatable bonds is 2. The third-order valence-electron chi connectivity index (χ3n) is 2.25. The Bertz CT molecular complexity index is 434. The van der Waals surface area contributed by atoms with Crippen LogP contribution in [0.1, 0.15) is 0 Å². The van der Waals surface area contributed by atoms with Crippen LogP contribution < -0.4 is 11.2 Å². The summed E-state index contributed by atoms with van der Waals surface area (Å²) in [6.07, 6.45) is 0. The molecule has 3 N–H and O–H groups in total. The van der Waals surface area contributed by atoms with E-state index in [4.69, 9.17) is 5.73 Å². The highest BCUT2D eigenvalue weighted by molar-refractivity contribution is 5.67. The number of nitrogen functional groups attached to an aromatic ring is 1. The van der Waals surface area contributed by atoms with Crippen molar-refractivity contribution in [3.8, 4) is 11.1 Å². The zero-order valence-electron chi connectivity index (χ0n) is 8.10. The van der Waals surface area contributed by atoms with Crippen molar-refractivity contribution in [3.05, 3.63) is 53.7 Å². The Morgan fingerprint density at radius 3 is 1.73 bits per heavy atom. The van der Waals surface area contributed by atoms with Gasteiger partial charge in [0.05, 0.1) is 0 Å². The van der Waals surface area contributed by atoms with E-state index in [0.717, 1.165) is 16.8 Å².